The Morgan fingerprint density at radius 3 is 2.65 bits per heavy atom. The SMILES string of the molecule is CC(C)n1cnnc1[C@H](C)Nc1nccc(CCC(F)(F)F)n1. The molecule has 23 heavy (non-hydrogen) atoms. The fourth-order valence-electron chi connectivity index (χ4n) is 2.09. The smallest absolute Gasteiger partial charge is 0.344 e. The molecule has 2 aromatic heterocycles. The van der Waals surface area contributed by atoms with Gasteiger partial charge in [-0.3, -0.25) is 0 Å². The van der Waals surface area contributed by atoms with Gasteiger partial charge in [-0.05, 0) is 33.3 Å². The number of anilines is 1. The van der Waals surface area contributed by atoms with Gasteiger partial charge in [0.1, 0.15) is 6.33 Å². The largest absolute Gasteiger partial charge is 0.389 e. The van der Waals surface area contributed by atoms with Crippen LogP contribution >= 0.6 is 0 Å². The van der Waals surface area contributed by atoms with Crippen LogP contribution in [0.15, 0.2) is 18.6 Å². The zero-order valence-electron chi connectivity index (χ0n) is 13.2. The first-order valence-electron chi connectivity index (χ1n) is 7.31. The van der Waals surface area contributed by atoms with Gasteiger partial charge in [0.15, 0.2) is 5.82 Å². The van der Waals surface area contributed by atoms with Crippen LogP contribution in [0.2, 0.25) is 0 Å². The lowest BCUT2D eigenvalue weighted by Gasteiger charge is -2.17. The van der Waals surface area contributed by atoms with Crippen molar-refractivity contribution in [2.45, 2.75) is 51.9 Å². The Morgan fingerprint density at radius 2 is 2.00 bits per heavy atom. The van der Waals surface area contributed by atoms with E-state index >= 15 is 0 Å². The third-order valence-corrected chi connectivity index (χ3v) is 3.27. The molecular weight excluding hydrogens is 309 g/mol. The maximum Gasteiger partial charge on any atom is 0.389 e. The molecule has 1 N–H and O–H groups in total. The molecule has 0 bridgehead atoms. The van der Waals surface area contributed by atoms with Crippen molar-refractivity contribution in [3.8, 4) is 0 Å². The molecule has 0 aliphatic carbocycles. The standard InChI is InChI=1S/C14H19F3N6/c1-9(2)23-8-19-22-12(23)10(3)20-13-18-7-5-11(21-13)4-6-14(15,16)17/h5,7-10H,4,6H2,1-3H3,(H,18,20,21)/t10-/m0/s1. The molecule has 0 fully saturated rings. The molecule has 126 valence electrons. The van der Waals surface area contributed by atoms with Crippen LogP contribution in [0.4, 0.5) is 19.1 Å². The van der Waals surface area contributed by atoms with Gasteiger partial charge in [0.2, 0.25) is 5.95 Å². The van der Waals surface area contributed by atoms with E-state index in [0.717, 1.165) is 0 Å². The number of hydrogen-bond acceptors (Lipinski definition) is 5. The molecule has 0 saturated heterocycles. The number of alkyl halides is 3. The molecule has 2 heterocycles. The van der Waals surface area contributed by atoms with Crippen LogP contribution in [-0.2, 0) is 6.42 Å². The highest BCUT2D eigenvalue weighted by Gasteiger charge is 2.26. The number of nitrogens with zero attached hydrogens (tertiary/aromatic N) is 5. The number of aromatic nitrogens is 5. The highest BCUT2D eigenvalue weighted by atomic mass is 19.4. The maximum atomic E-state index is 12.3. The van der Waals surface area contributed by atoms with Gasteiger partial charge in [-0.25, -0.2) is 9.97 Å². The van der Waals surface area contributed by atoms with E-state index in [2.05, 4.69) is 25.5 Å². The Labute approximate surface area is 132 Å². The van der Waals surface area contributed by atoms with E-state index in [9.17, 15) is 13.2 Å². The van der Waals surface area contributed by atoms with Crippen LogP contribution in [0, 0.1) is 0 Å². The molecule has 0 amide bonds. The Hall–Kier alpha value is -2.19. The second-order valence-corrected chi connectivity index (χ2v) is 5.54. The zero-order chi connectivity index (χ0) is 17.0. The predicted molar refractivity (Wildman–Crippen MR) is 78.9 cm³/mol. The maximum absolute atomic E-state index is 12.3. The first-order chi connectivity index (χ1) is 10.8. The van der Waals surface area contributed by atoms with Crippen molar-refractivity contribution in [2.24, 2.45) is 0 Å². The minimum Gasteiger partial charge on any atom is -0.344 e. The van der Waals surface area contributed by atoms with Gasteiger partial charge < -0.3 is 9.88 Å². The van der Waals surface area contributed by atoms with Gasteiger partial charge in [-0.15, -0.1) is 10.2 Å². The molecule has 9 heteroatoms. The molecule has 0 radical (unpaired) electrons. The summed E-state index contributed by atoms with van der Waals surface area (Å²) in [7, 11) is 0. The normalized spacial score (nSPS) is 13.3. The molecule has 6 nitrogen and oxygen atoms in total. The summed E-state index contributed by atoms with van der Waals surface area (Å²) in [5.41, 5.74) is 0.345. The van der Waals surface area contributed by atoms with Crippen LogP contribution in [0.25, 0.3) is 0 Å². The molecule has 0 aromatic carbocycles. The molecule has 0 unspecified atom stereocenters. The Balaban J connectivity index is 2.06. The van der Waals surface area contributed by atoms with Crippen LogP contribution in [0.1, 0.15) is 50.8 Å². The summed E-state index contributed by atoms with van der Waals surface area (Å²) in [5, 5.41) is 11.0. The molecule has 0 spiro atoms. The van der Waals surface area contributed by atoms with E-state index in [1.807, 2.05) is 25.3 Å². The lowest BCUT2D eigenvalue weighted by molar-refractivity contribution is -0.134. The average molecular weight is 328 g/mol. The Kier molecular flexibility index (Phi) is 5.17. The van der Waals surface area contributed by atoms with E-state index in [1.165, 1.54) is 12.3 Å². The van der Waals surface area contributed by atoms with Crippen LogP contribution in [0.3, 0.4) is 0 Å². The predicted octanol–water partition coefficient (Wildman–Crippen LogP) is 3.32. The van der Waals surface area contributed by atoms with Crippen molar-refractivity contribution in [1.82, 2.24) is 24.7 Å². The first-order valence-corrected chi connectivity index (χ1v) is 7.31. The number of nitrogens with one attached hydrogen (secondary N) is 1. The van der Waals surface area contributed by atoms with E-state index in [4.69, 9.17) is 0 Å². The van der Waals surface area contributed by atoms with Crippen molar-refractivity contribution < 1.29 is 13.2 Å². The quantitative estimate of drug-likeness (QED) is 0.881. The topological polar surface area (TPSA) is 68.5 Å². The number of hydrogen-bond donors (Lipinski definition) is 1. The third kappa shape index (κ3) is 4.90. The minimum absolute atomic E-state index is 0.169. The zero-order valence-corrected chi connectivity index (χ0v) is 13.2. The summed E-state index contributed by atoms with van der Waals surface area (Å²) in [4.78, 5) is 8.17. The first kappa shape index (κ1) is 17.2. The highest BCUT2D eigenvalue weighted by Crippen LogP contribution is 2.22. The van der Waals surface area contributed by atoms with E-state index in [-0.39, 0.29) is 24.5 Å². The monoisotopic (exact) mass is 328 g/mol. The fraction of sp³-hybridized carbons (Fsp3) is 0.571. The molecular formula is C14H19F3N6. The van der Waals surface area contributed by atoms with Crippen molar-refractivity contribution in [1.29, 1.82) is 0 Å². The summed E-state index contributed by atoms with van der Waals surface area (Å²) in [6.07, 6.45) is -2.18. The Bertz CT molecular complexity index is 637. The minimum atomic E-state index is -4.19. The van der Waals surface area contributed by atoms with Gasteiger partial charge >= 0.3 is 6.18 Å². The fourth-order valence-corrected chi connectivity index (χ4v) is 2.09. The lowest BCUT2D eigenvalue weighted by Crippen LogP contribution is -2.16. The summed E-state index contributed by atoms with van der Waals surface area (Å²) in [6, 6.07) is 1.46. The Morgan fingerprint density at radius 1 is 1.26 bits per heavy atom. The van der Waals surface area contributed by atoms with Gasteiger partial charge in [-0.1, -0.05) is 0 Å². The molecule has 0 saturated carbocycles. The highest BCUT2D eigenvalue weighted by molar-refractivity contribution is 5.28. The molecule has 2 aromatic rings. The summed E-state index contributed by atoms with van der Waals surface area (Å²) in [6.45, 7) is 5.89. The second-order valence-electron chi connectivity index (χ2n) is 5.54. The van der Waals surface area contributed by atoms with Crippen molar-refractivity contribution in [3.05, 3.63) is 30.1 Å². The number of halogens is 3. The van der Waals surface area contributed by atoms with Crippen LogP contribution in [0.5, 0.6) is 0 Å². The molecule has 1 atom stereocenters. The molecule has 0 aliphatic rings. The van der Waals surface area contributed by atoms with Crippen LogP contribution in [-0.4, -0.2) is 30.9 Å². The second kappa shape index (κ2) is 6.93. The van der Waals surface area contributed by atoms with E-state index in [1.54, 1.807) is 6.33 Å². The lowest BCUT2D eigenvalue weighted by atomic mass is 10.2. The third-order valence-electron chi connectivity index (χ3n) is 3.27. The summed E-state index contributed by atoms with van der Waals surface area (Å²) < 4.78 is 38.8. The average Bonchev–Trinajstić information content (AvgIpc) is 2.94. The molecule has 0 aliphatic heterocycles. The van der Waals surface area contributed by atoms with Gasteiger partial charge in [0, 0.05) is 24.4 Å². The van der Waals surface area contributed by atoms with Crippen molar-refractivity contribution >= 4 is 5.95 Å². The molecule has 2 rings (SSSR count). The number of rotatable bonds is 6. The summed E-state index contributed by atoms with van der Waals surface area (Å²) in [5.74, 6) is 0.986. The van der Waals surface area contributed by atoms with Crippen molar-refractivity contribution in [3.63, 3.8) is 0 Å². The number of aryl methyl sites for hydroxylation is 1. The van der Waals surface area contributed by atoms with Gasteiger partial charge in [0.25, 0.3) is 0 Å². The van der Waals surface area contributed by atoms with Gasteiger partial charge in [0.05, 0.1) is 6.04 Å². The van der Waals surface area contributed by atoms with Crippen molar-refractivity contribution in [2.75, 3.05) is 5.32 Å². The summed E-state index contributed by atoms with van der Waals surface area (Å²) >= 11 is 0. The van der Waals surface area contributed by atoms with Crippen LogP contribution < -0.4 is 5.32 Å². The van der Waals surface area contributed by atoms with Gasteiger partial charge in [-0.2, -0.15) is 13.2 Å². The van der Waals surface area contributed by atoms with E-state index in [0.29, 0.717) is 11.5 Å². The van der Waals surface area contributed by atoms with E-state index < -0.39 is 12.6 Å².